The average Bonchev–Trinajstić information content (AvgIpc) is 2.15. The molecule has 1 saturated carbocycles. The van der Waals surface area contributed by atoms with Crippen molar-refractivity contribution in [2.75, 3.05) is 13.7 Å². The highest BCUT2D eigenvalue weighted by Crippen LogP contribution is 2.30. The molecule has 0 aliphatic heterocycles. The number of ether oxygens (including phenoxy) is 1. The van der Waals surface area contributed by atoms with Gasteiger partial charge in [0.05, 0.1) is 17.7 Å². The van der Waals surface area contributed by atoms with Gasteiger partial charge in [0.1, 0.15) is 0 Å². The van der Waals surface area contributed by atoms with Gasteiger partial charge in [0.15, 0.2) is 0 Å². The van der Waals surface area contributed by atoms with Gasteiger partial charge in [-0.15, -0.1) is 0 Å². The lowest BCUT2D eigenvalue weighted by Crippen LogP contribution is -2.61. The number of carbonyl (C=O) groups excluding carboxylic acids is 1. The fourth-order valence-corrected chi connectivity index (χ4v) is 2.63. The molecule has 1 amide bonds. The molecule has 4 nitrogen and oxygen atoms in total. The first-order chi connectivity index (χ1) is 7.79. The zero-order valence-electron chi connectivity index (χ0n) is 11.5. The molecule has 0 aromatic carbocycles. The molecule has 3 N–H and O–H groups in total. The van der Waals surface area contributed by atoms with Crippen molar-refractivity contribution in [2.45, 2.75) is 57.5 Å². The maximum atomic E-state index is 12.3. The zero-order chi connectivity index (χ0) is 13.1. The van der Waals surface area contributed by atoms with Crippen LogP contribution in [-0.4, -0.2) is 30.7 Å². The number of hydrogen-bond donors (Lipinski definition) is 2. The van der Waals surface area contributed by atoms with E-state index in [9.17, 15) is 4.79 Å². The first kappa shape index (κ1) is 14.5. The number of rotatable bonds is 4. The predicted molar refractivity (Wildman–Crippen MR) is 68.6 cm³/mol. The van der Waals surface area contributed by atoms with E-state index >= 15 is 0 Å². The first-order valence-electron chi connectivity index (χ1n) is 6.39. The van der Waals surface area contributed by atoms with Gasteiger partial charge in [-0.3, -0.25) is 4.79 Å². The van der Waals surface area contributed by atoms with E-state index in [1.165, 1.54) is 6.42 Å². The fraction of sp³-hybridized carbons (Fsp3) is 0.923. The van der Waals surface area contributed by atoms with Crippen LogP contribution in [0.3, 0.4) is 0 Å². The molecule has 2 unspecified atom stereocenters. The smallest absolute Gasteiger partial charge is 0.240 e. The summed E-state index contributed by atoms with van der Waals surface area (Å²) in [5.74, 6) is 0.496. The summed E-state index contributed by atoms with van der Waals surface area (Å²) < 4.78 is 5.09. The zero-order valence-corrected chi connectivity index (χ0v) is 11.5. The van der Waals surface area contributed by atoms with Crippen molar-refractivity contribution in [3.05, 3.63) is 0 Å². The standard InChI is InChI=1S/C13H26N2O2/c1-10-6-5-7-13(14,8-10)11(16)15-12(2,3)9-17-4/h10H,5-9,14H2,1-4H3,(H,15,16). The predicted octanol–water partition coefficient (Wildman–Crippen LogP) is 1.44. The minimum Gasteiger partial charge on any atom is -0.382 e. The molecule has 1 aliphatic rings. The van der Waals surface area contributed by atoms with Crippen molar-refractivity contribution in [3.8, 4) is 0 Å². The lowest BCUT2D eigenvalue weighted by Gasteiger charge is -2.38. The molecule has 0 bridgehead atoms. The Morgan fingerprint density at radius 1 is 1.59 bits per heavy atom. The second-order valence-electron chi connectivity index (χ2n) is 6.13. The quantitative estimate of drug-likeness (QED) is 0.784. The highest BCUT2D eigenvalue weighted by molar-refractivity contribution is 5.86. The maximum absolute atomic E-state index is 12.3. The Morgan fingerprint density at radius 2 is 2.24 bits per heavy atom. The monoisotopic (exact) mass is 242 g/mol. The third kappa shape index (κ3) is 3.96. The minimum atomic E-state index is -0.692. The number of hydrogen-bond acceptors (Lipinski definition) is 3. The fourth-order valence-electron chi connectivity index (χ4n) is 2.63. The van der Waals surface area contributed by atoms with Gasteiger partial charge in [-0.25, -0.2) is 0 Å². The van der Waals surface area contributed by atoms with Crippen LogP contribution >= 0.6 is 0 Å². The normalized spacial score (nSPS) is 30.1. The molecular formula is C13H26N2O2. The molecule has 100 valence electrons. The highest BCUT2D eigenvalue weighted by atomic mass is 16.5. The largest absolute Gasteiger partial charge is 0.382 e. The lowest BCUT2D eigenvalue weighted by molar-refractivity contribution is -0.130. The van der Waals surface area contributed by atoms with Crippen LogP contribution in [0.2, 0.25) is 0 Å². The Bertz CT molecular complexity index is 279. The minimum absolute atomic E-state index is 0.0360. The molecule has 1 aliphatic carbocycles. The Balaban J connectivity index is 2.62. The summed E-state index contributed by atoms with van der Waals surface area (Å²) in [6.45, 7) is 6.55. The van der Waals surface area contributed by atoms with Gasteiger partial charge in [0.25, 0.3) is 0 Å². The van der Waals surface area contributed by atoms with E-state index in [1.807, 2.05) is 13.8 Å². The Hall–Kier alpha value is -0.610. The molecule has 0 aromatic heterocycles. The van der Waals surface area contributed by atoms with E-state index in [-0.39, 0.29) is 11.4 Å². The van der Waals surface area contributed by atoms with Crippen LogP contribution in [0.15, 0.2) is 0 Å². The van der Waals surface area contributed by atoms with Crippen LogP contribution in [0.5, 0.6) is 0 Å². The number of methoxy groups -OCH3 is 1. The third-order valence-corrected chi connectivity index (χ3v) is 3.44. The summed E-state index contributed by atoms with van der Waals surface area (Å²) in [6.07, 6.45) is 3.78. The van der Waals surface area contributed by atoms with Crippen LogP contribution in [0.1, 0.15) is 46.5 Å². The van der Waals surface area contributed by atoms with Crippen molar-refractivity contribution in [1.29, 1.82) is 0 Å². The molecule has 0 spiro atoms. The summed E-state index contributed by atoms with van der Waals surface area (Å²) in [7, 11) is 1.63. The molecule has 0 saturated heterocycles. The summed E-state index contributed by atoms with van der Waals surface area (Å²) >= 11 is 0. The summed E-state index contributed by atoms with van der Waals surface area (Å²) in [6, 6.07) is 0. The van der Waals surface area contributed by atoms with Gasteiger partial charge in [0, 0.05) is 7.11 Å². The second kappa shape index (κ2) is 5.36. The Morgan fingerprint density at radius 3 is 2.76 bits per heavy atom. The Labute approximate surface area is 104 Å². The molecule has 0 radical (unpaired) electrons. The van der Waals surface area contributed by atoms with E-state index in [0.29, 0.717) is 12.5 Å². The highest BCUT2D eigenvalue weighted by Gasteiger charge is 2.39. The molecule has 2 atom stereocenters. The van der Waals surface area contributed by atoms with Crippen molar-refractivity contribution in [3.63, 3.8) is 0 Å². The molecular weight excluding hydrogens is 216 g/mol. The van der Waals surface area contributed by atoms with Gasteiger partial charge in [-0.05, 0) is 32.6 Å². The van der Waals surface area contributed by atoms with Crippen molar-refractivity contribution in [2.24, 2.45) is 11.7 Å². The number of carbonyl (C=O) groups is 1. The Kier molecular flexibility index (Phi) is 4.55. The van der Waals surface area contributed by atoms with Gasteiger partial charge in [-0.2, -0.15) is 0 Å². The first-order valence-corrected chi connectivity index (χ1v) is 6.39. The van der Waals surface area contributed by atoms with Crippen molar-refractivity contribution >= 4 is 5.91 Å². The van der Waals surface area contributed by atoms with Gasteiger partial charge < -0.3 is 15.8 Å². The van der Waals surface area contributed by atoms with Crippen LogP contribution < -0.4 is 11.1 Å². The summed E-state index contributed by atoms with van der Waals surface area (Å²) in [5.41, 5.74) is 5.19. The van der Waals surface area contributed by atoms with E-state index in [2.05, 4.69) is 12.2 Å². The SMILES string of the molecule is COCC(C)(C)NC(=O)C1(N)CCCC(C)C1. The van der Waals surface area contributed by atoms with Crippen LogP contribution in [0.25, 0.3) is 0 Å². The van der Waals surface area contributed by atoms with Crippen molar-refractivity contribution < 1.29 is 9.53 Å². The van der Waals surface area contributed by atoms with Crippen LogP contribution in [0.4, 0.5) is 0 Å². The second-order valence-corrected chi connectivity index (χ2v) is 6.13. The number of nitrogens with two attached hydrogens (primary N) is 1. The van der Waals surface area contributed by atoms with Crippen molar-refractivity contribution in [1.82, 2.24) is 5.32 Å². The molecule has 0 aromatic rings. The summed E-state index contributed by atoms with van der Waals surface area (Å²) in [5, 5.41) is 3.00. The molecule has 4 heteroatoms. The van der Waals surface area contributed by atoms with Gasteiger partial charge >= 0.3 is 0 Å². The van der Waals surface area contributed by atoms with Crippen LogP contribution in [-0.2, 0) is 9.53 Å². The van der Waals surface area contributed by atoms with E-state index in [0.717, 1.165) is 19.3 Å². The maximum Gasteiger partial charge on any atom is 0.240 e. The van der Waals surface area contributed by atoms with Gasteiger partial charge in [-0.1, -0.05) is 19.8 Å². The van der Waals surface area contributed by atoms with Gasteiger partial charge in [0.2, 0.25) is 5.91 Å². The summed E-state index contributed by atoms with van der Waals surface area (Å²) in [4.78, 5) is 12.3. The molecule has 17 heavy (non-hydrogen) atoms. The average molecular weight is 242 g/mol. The van der Waals surface area contributed by atoms with E-state index < -0.39 is 5.54 Å². The molecule has 1 rings (SSSR count). The number of amides is 1. The number of nitrogens with one attached hydrogen (secondary N) is 1. The topological polar surface area (TPSA) is 64.3 Å². The molecule has 0 heterocycles. The third-order valence-electron chi connectivity index (χ3n) is 3.44. The lowest BCUT2D eigenvalue weighted by atomic mass is 9.76. The van der Waals surface area contributed by atoms with E-state index in [1.54, 1.807) is 7.11 Å². The molecule has 1 fully saturated rings. The van der Waals surface area contributed by atoms with E-state index in [4.69, 9.17) is 10.5 Å². The van der Waals surface area contributed by atoms with Crippen LogP contribution in [0, 0.1) is 5.92 Å².